The summed E-state index contributed by atoms with van der Waals surface area (Å²) < 4.78 is 11.4. The van der Waals surface area contributed by atoms with Crippen molar-refractivity contribution in [3.05, 3.63) is 87.8 Å². The maximum Gasteiger partial charge on any atom is 0.336 e. The van der Waals surface area contributed by atoms with Gasteiger partial charge in [0.2, 0.25) is 0 Å². The van der Waals surface area contributed by atoms with Crippen molar-refractivity contribution >= 4 is 11.8 Å². The van der Waals surface area contributed by atoms with Gasteiger partial charge in [0.15, 0.2) is 5.78 Å². The van der Waals surface area contributed by atoms with Gasteiger partial charge < -0.3 is 14.8 Å². The van der Waals surface area contributed by atoms with Crippen molar-refractivity contribution in [2.75, 3.05) is 6.61 Å². The Morgan fingerprint density at radius 3 is 2.35 bits per heavy atom. The Balaban J connectivity index is 1.65. The van der Waals surface area contributed by atoms with Gasteiger partial charge >= 0.3 is 5.97 Å². The fraction of sp³-hybridized carbons (Fsp3) is 0.379. The van der Waals surface area contributed by atoms with Crippen LogP contribution >= 0.6 is 0 Å². The summed E-state index contributed by atoms with van der Waals surface area (Å²) in [6.45, 7) is 10.7. The standard InChI is InChI=1S/C29H33NO4/c1-6-33-28(32)25-19(3)30-23-15-29(4,5)16-24(31)27(23)26(25)21-11-13-22(14-12-21)34-17-20-9-7-18(2)8-10-20/h7-14,26,30H,6,15-17H2,1-5H3/t26-/m0/s1. The average molecular weight is 460 g/mol. The molecule has 1 heterocycles. The second-order valence-electron chi connectivity index (χ2n) is 9.99. The number of dihydropyridines is 1. The Morgan fingerprint density at radius 2 is 1.71 bits per heavy atom. The molecule has 0 unspecified atom stereocenters. The molecule has 34 heavy (non-hydrogen) atoms. The molecule has 0 fully saturated rings. The van der Waals surface area contributed by atoms with Crippen LogP contribution in [0.15, 0.2) is 71.1 Å². The summed E-state index contributed by atoms with van der Waals surface area (Å²) in [5.74, 6) is -0.0221. The van der Waals surface area contributed by atoms with Gasteiger partial charge in [-0.25, -0.2) is 4.79 Å². The number of hydrogen-bond acceptors (Lipinski definition) is 5. The zero-order valence-corrected chi connectivity index (χ0v) is 20.7. The lowest BCUT2D eigenvalue weighted by Crippen LogP contribution is -2.38. The molecule has 5 heteroatoms. The minimum Gasteiger partial charge on any atom is -0.489 e. The van der Waals surface area contributed by atoms with Gasteiger partial charge in [0.05, 0.1) is 12.2 Å². The van der Waals surface area contributed by atoms with E-state index in [-0.39, 0.29) is 23.8 Å². The van der Waals surface area contributed by atoms with Crippen LogP contribution < -0.4 is 10.1 Å². The van der Waals surface area contributed by atoms with Crippen molar-refractivity contribution in [2.24, 2.45) is 5.41 Å². The molecule has 0 spiro atoms. The SMILES string of the molecule is CCOC(=O)C1=C(C)NC2=C(C(=O)CC(C)(C)C2)[C@H]1c1ccc(OCc2ccc(C)cc2)cc1. The summed E-state index contributed by atoms with van der Waals surface area (Å²) in [5.41, 5.74) is 5.91. The highest BCUT2D eigenvalue weighted by molar-refractivity contribution is 6.04. The fourth-order valence-electron chi connectivity index (χ4n) is 4.86. The van der Waals surface area contributed by atoms with Gasteiger partial charge in [-0.05, 0) is 55.9 Å². The largest absolute Gasteiger partial charge is 0.489 e. The Morgan fingerprint density at radius 1 is 1.03 bits per heavy atom. The molecule has 0 aromatic heterocycles. The van der Waals surface area contributed by atoms with E-state index in [4.69, 9.17) is 9.47 Å². The lowest BCUT2D eigenvalue weighted by atomic mass is 9.68. The average Bonchev–Trinajstić information content (AvgIpc) is 2.77. The molecule has 4 rings (SSSR count). The zero-order chi connectivity index (χ0) is 24.5. The summed E-state index contributed by atoms with van der Waals surface area (Å²) in [6.07, 6.45) is 1.21. The molecule has 2 aromatic carbocycles. The second kappa shape index (κ2) is 9.49. The number of benzene rings is 2. The monoisotopic (exact) mass is 459 g/mol. The molecule has 1 aliphatic carbocycles. The van der Waals surface area contributed by atoms with Crippen LogP contribution in [-0.2, 0) is 20.9 Å². The Bertz CT molecular complexity index is 1150. The van der Waals surface area contributed by atoms with Crippen LogP contribution in [0.2, 0.25) is 0 Å². The van der Waals surface area contributed by atoms with E-state index < -0.39 is 5.92 Å². The number of carbonyl (C=O) groups is 2. The molecule has 2 aromatic rings. The Labute approximate surface area is 201 Å². The Kier molecular flexibility index (Phi) is 6.65. The molecule has 0 bridgehead atoms. The zero-order valence-electron chi connectivity index (χ0n) is 20.7. The number of carbonyl (C=O) groups excluding carboxylic acids is 2. The molecule has 1 atom stereocenters. The normalized spacial score (nSPS) is 19.4. The van der Waals surface area contributed by atoms with Crippen LogP contribution in [-0.4, -0.2) is 18.4 Å². The molecule has 0 saturated carbocycles. The van der Waals surface area contributed by atoms with Crippen LogP contribution in [0.25, 0.3) is 0 Å². The maximum atomic E-state index is 13.3. The first-order chi connectivity index (χ1) is 16.2. The van der Waals surface area contributed by atoms with Crippen LogP contribution in [0.3, 0.4) is 0 Å². The number of nitrogens with one attached hydrogen (secondary N) is 1. The molecule has 0 saturated heterocycles. The molecule has 178 valence electrons. The van der Waals surface area contributed by atoms with Crippen molar-refractivity contribution in [1.82, 2.24) is 5.32 Å². The molecule has 0 amide bonds. The lowest BCUT2D eigenvalue weighted by Gasteiger charge is -2.39. The van der Waals surface area contributed by atoms with E-state index in [0.29, 0.717) is 24.2 Å². The summed E-state index contributed by atoms with van der Waals surface area (Å²) in [5, 5.41) is 3.36. The molecular weight excluding hydrogens is 426 g/mol. The summed E-state index contributed by atoms with van der Waals surface area (Å²) in [4.78, 5) is 26.3. The molecular formula is C29H33NO4. The fourth-order valence-corrected chi connectivity index (χ4v) is 4.86. The number of Topliss-reactive ketones (excluding diaryl/α,β-unsaturated/α-hetero) is 1. The second-order valence-corrected chi connectivity index (χ2v) is 9.99. The highest BCUT2D eigenvalue weighted by Gasteiger charge is 2.43. The van der Waals surface area contributed by atoms with Crippen LogP contribution in [0, 0.1) is 12.3 Å². The number of ether oxygens (including phenoxy) is 2. The van der Waals surface area contributed by atoms with E-state index >= 15 is 0 Å². The van der Waals surface area contributed by atoms with E-state index in [1.54, 1.807) is 6.92 Å². The summed E-state index contributed by atoms with van der Waals surface area (Å²) in [7, 11) is 0. The molecule has 5 nitrogen and oxygen atoms in total. The maximum absolute atomic E-state index is 13.3. The Hall–Kier alpha value is -3.34. The highest BCUT2D eigenvalue weighted by atomic mass is 16.5. The van der Waals surface area contributed by atoms with Gasteiger partial charge in [-0.2, -0.15) is 0 Å². The van der Waals surface area contributed by atoms with E-state index in [1.165, 1.54) is 5.56 Å². The van der Waals surface area contributed by atoms with Crippen molar-refractivity contribution in [2.45, 2.75) is 60.0 Å². The first-order valence-corrected chi connectivity index (χ1v) is 11.9. The quantitative estimate of drug-likeness (QED) is 0.558. The number of ketones is 1. The van der Waals surface area contributed by atoms with Gasteiger partial charge in [-0.3, -0.25) is 4.79 Å². The first kappa shape index (κ1) is 23.8. The summed E-state index contributed by atoms with van der Waals surface area (Å²) in [6, 6.07) is 16.0. The number of hydrogen-bond donors (Lipinski definition) is 1. The van der Waals surface area contributed by atoms with Gasteiger partial charge in [-0.1, -0.05) is 55.8 Å². The van der Waals surface area contributed by atoms with Gasteiger partial charge in [-0.15, -0.1) is 0 Å². The third kappa shape index (κ3) is 4.93. The van der Waals surface area contributed by atoms with Crippen LogP contribution in [0.1, 0.15) is 63.1 Å². The summed E-state index contributed by atoms with van der Waals surface area (Å²) >= 11 is 0. The van der Waals surface area contributed by atoms with Gasteiger partial charge in [0, 0.05) is 29.3 Å². The molecule has 2 aliphatic rings. The van der Waals surface area contributed by atoms with Crippen LogP contribution in [0.4, 0.5) is 0 Å². The third-order valence-corrected chi connectivity index (χ3v) is 6.47. The van der Waals surface area contributed by atoms with Gasteiger partial charge in [0.1, 0.15) is 12.4 Å². The topological polar surface area (TPSA) is 64.6 Å². The van der Waals surface area contributed by atoms with Crippen LogP contribution in [0.5, 0.6) is 5.75 Å². The number of aryl methyl sites for hydroxylation is 1. The van der Waals surface area contributed by atoms with E-state index in [1.807, 2.05) is 31.2 Å². The number of rotatable bonds is 6. The van der Waals surface area contributed by atoms with Gasteiger partial charge in [0.25, 0.3) is 0 Å². The van der Waals surface area contributed by atoms with Crippen molar-refractivity contribution in [3.8, 4) is 5.75 Å². The number of allylic oxidation sites excluding steroid dienone is 3. The van der Waals surface area contributed by atoms with E-state index in [0.717, 1.165) is 34.7 Å². The van der Waals surface area contributed by atoms with Crippen molar-refractivity contribution < 1.29 is 19.1 Å². The molecule has 0 radical (unpaired) electrons. The van der Waals surface area contributed by atoms with Crippen molar-refractivity contribution in [3.63, 3.8) is 0 Å². The predicted octanol–water partition coefficient (Wildman–Crippen LogP) is 5.74. The smallest absolute Gasteiger partial charge is 0.336 e. The minimum absolute atomic E-state index is 0.0812. The first-order valence-electron chi connectivity index (χ1n) is 11.9. The highest BCUT2D eigenvalue weighted by Crippen LogP contribution is 2.47. The lowest BCUT2D eigenvalue weighted by molar-refractivity contribution is -0.138. The number of esters is 1. The minimum atomic E-state index is -0.454. The molecule has 1 N–H and O–H groups in total. The van der Waals surface area contributed by atoms with E-state index in [2.05, 4.69) is 50.4 Å². The molecule has 1 aliphatic heterocycles. The predicted molar refractivity (Wildman–Crippen MR) is 132 cm³/mol. The third-order valence-electron chi connectivity index (χ3n) is 6.47. The van der Waals surface area contributed by atoms with E-state index in [9.17, 15) is 9.59 Å². The van der Waals surface area contributed by atoms with Crippen molar-refractivity contribution in [1.29, 1.82) is 0 Å².